The standard InChI is InChI=1S/C28H36N2O7/c1-27(2)12-18-24(20(31)14-27)23(16-10-17(30(34)35)26(33)22(11-16)37-6)25-19(29(18)8-7-9-36-5)13-28(3,4)15-21(25)32/h10-11,23,33H,7-9,12-15H2,1-6H3. The van der Waals surface area contributed by atoms with Crippen molar-refractivity contribution < 1.29 is 29.1 Å². The fraction of sp³-hybridized carbons (Fsp3) is 0.571. The molecule has 0 bridgehead atoms. The lowest BCUT2D eigenvalue weighted by Gasteiger charge is -2.49. The van der Waals surface area contributed by atoms with Gasteiger partial charge in [0.25, 0.3) is 0 Å². The number of aromatic hydroxyl groups is 1. The molecule has 0 saturated heterocycles. The molecule has 1 aliphatic heterocycles. The van der Waals surface area contributed by atoms with Crippen LogP contribution >= 0.6 is 0 Å². The second kappa shape index (κ2) is 9.59. The third-order valence-electron chi connectivity index (χ3n) is 7.58. The highest BCUT2D eigenvalue weighted by molar-refractivity contribution is 6.07. The van der Waals surface area contributed by atoms with E-state index in [1.807, 2.05) is 0 Å². The first-order valence-electron chi connectivity index (χ1n) is 12.6. The maximum absolute atomic E-state index is 13.8. The molecule has 0 saturated carbocycles. The monoisotopic (exact) mass is 512 g/mol. The van der Waals surface area contributed by atoms with Crippen molar-refractivity contribution in [3.8, 4) is 11.5 Å². The number of phenols is 1. The van der Waals surface area contributed by atoms with Crippen molar-refractivity contribution in [1.29, 1.82) is 0 Å². The van der Waals surface area contributed by atoms with Gasteiger partial charge >= 0.3 is 5.69 Å². The molecule has 1 aromatic rings. The summed E-state index contributed by atoms with van der Waals surface area (Å²) in [5.74, 6) is -1.53. The van der Waals surface area contributed by atoms with Gasteiger partial charge in [0, 0.05) is 67.6 Å². The first kappa shape index (κ1) is 26.9. The highest BCUT2D eigenvalue weighted by Gasteiger charge is 2.49. The molecule has 200 valence electrons. The molecule has 1 N–H and O–H groups in total. The summed E-state index contributed by atoms with van der Waals surface area (Å²) in [6.45, 7) is 9.39. The van der Waals surface area contributed by atoms with Gasteiger partial charge in [-0.2, -0.15) is 0 Å². The minimum Gasteiger partial charge on any atom is -0.500 e. The van der Waals surface area contributed by atoms with Gasteiger partial charge in [-0.05, 0) is 41.7 Å². The van der Waals surface area contributed by atoms with E-state index in [0.717, 1.165) is 17.8 Å². The number of rotatable bonds is 7. The minimum atomic E-state index is -0.760. The predicted octanol–water partition coefficient (Wildman–Crippen LogP) is 5.03. The number of carbonyl (C=O) groups excluding carboxylic acids is 2. The molecule has 0 spiro atoms. The van der Waals surface area contributed by atoms with Crippen molar-refractivity contribution in [2.24, 2.45) is 10.8 Å². The molecule has 2 aliphatic carbocycles. The molecule has 37 heavy (non-hydrogen) atoms. The number of ketones is 2. The molecule has 0 unspecified atom stereocenters. The van der Waals surface area contributed by atoms with E-state index in [9.17, 15) is 24.8 Å². The van der Waals surface area contributed by atoms with Crippen LogP contribution in [0.15, 0.2) is 34.7 Å². The van der Waals surface area contributed by atoms with Gasteiger partial charge in [-0.15, -0.1) is 0 Å². The molecule has 4 rings (SSSR count). The summed E-state index contributed by atoms with van der Waals surface area (Å²) in [5, 5.41) is 22.2. The Bertz CT molecular complexity index is 1170. The second-order valence-electron chi connectivity index (χ2n) is 11.9. The van der Waals surface area contributed by atoms with E-state index in [0.29, 0.717) is 55.5 Å². The molecule has 9 heteroatoms. The normalized spacial score (nSPS) is 21.2. The van der Waals surface area contributed by atoms with E-state index >= 15 is 0 Å². The van der Waals surface area contributed by atoms with Gasteiger partial charge in [0.05, 0.1) is 12.0 Å². The highest BCUT2D eigenvalue weighted by atomic mass is 16.6. The average Bonchev–Trinajstić information content (AvgIpc) is 2.78. The number of hydrogen-bond acceptors (Lipinski definition) is 8. The Morgan fingerprint density at radius 1 is 1.00 bits per heavy atom. The van der Waals surface area contributed by atoms with Crippen LogP contribution in [0, 0.1) is 20.9 Å². The van der Waals surface area contributed by atoms with Crippen LogP contribution < -0.4 is 4.74 Å². The number of allylic oxidation sites excluding steroid dienone is 4. The van der Waals surface area contributed by atoms with Gasteiger partial charge in [-0.3, -0.25) is 19.7 Å². The number of hydrogen-bond donors (Lipinski definition) is 1. The molecule has 0 amide bonds. The van der Waals surface area contributed by atoms with Crippen LogP contribution in [0.1, 0.15) is 71.3 Å². The van der Waals surface area contributed by atoms with Crippen molar-refractivity contribution in [1.82, 2.24) is 4.90 Å². The third kappa shape index (κ3) is 4.89. The number of methoxy groups -OCH3 is 2. The summed E-state index contributed by atoms with van der Waals surface area (Å²) >= 11 is 0. The molecular weight excluding hydrogens is 476 g/mol. The number of Topliss-reactive ketones (excluding diaryl/α,β-unsaturated/α-hetero) is 2. The van der Waals surface area contributed by atoms with Gasteiger partial charge < -0.3 is 19.5 Å². The Labute approximate surface area is 217 Å². The topological polar surface area (TPSA) is 119 Å². The van der Waals surface area contributed by atoms with Crippen molar-refractivity contribution in [2.45, 2.75) is 65.7 Å². The van der Waals surface area contributed by atoms with Crippen molar-refractivity contribution >= 4 is 17.3 Å². The quantitative estimate of drug-likeness (QED) is 0.307. The predicted molar refractivity (Wildman–Crippen MR) is 137 cm³/mol. The van der Waals surface area contributed by atoms with E-state index in [4.69, 9.17) is 9.47 Å². The highest BCUT2D eigenvalue weighted by Crippen LogP contribution is 2.55. The number of carbonyl (C=O) groups is 2. The molecule has 0 atom stereocenters. The number of nitro groups is 1. The van der Waals surface area contributed by atoms with Crippen molar-refractivity contribution in [2.75, 3.05) is 27.4 Å². The van der Waals surface area contributed by atoms with Crippen LogP contribution in [-0.4, -0.2) is 53.9 Å². The summed E-state index contributed by atoms with van der Waals surface area (Å²) in [4.78, 5) is 40.9. The van der Waals surface area contributed by atoms with E-state index in [-0.39, 0.29) is 28.1 Å². The zero-order valence-corrected chi connectivity index (χ0v) is 22.5. The molecule has 9 nitrogen and oxygen atoms in total. The summed E-state index contributed by atoms with van der Waals surface area (Å²) < 4.78 is 10.6. The maximum Gasteiger partial charge on any atom is 0.314 e. The second-order valence-corrected chi connectivity index (χ2v) is 11.9. The Morgan fingerprint density at radius 2 is 1.54 bits per heavy atom. The molecular formula is C28H36N2O7. The van der Waals surface area contributed by atoms with Crippen LogP contribution in [0.25, 0.3) is 0 Å². The number of phenolic OH excluding ortho intramolecular Hbond substituents is 1. The third-order valence-corrected chi connectivity index (χ3v) is 7.58. The van der Waals surface area contributed by atoms with Crippen molar-refractivity contribution in [3.05, 3.63) is 50.4 Å². The zero-order valence-electron chi connectivity index (χ0n) is 22.5. The largest absolute Gasteiger partial charge is 0.500 e. The molecule has 1 aromatic carbocycles. The lowest BCUT2D eigenvalue weighted by Crippen LogP contribution is -2.44. The summed E-state index contributed by atoms with van der Waals surface area (Å²) in [5.41, 5.74) is 2.13. The van der Waals surface area contributed by atoms with Gasteiger partial charge in [0.2, 0.25) is 5.75 Å². The van der Waals surface area contributed by atoms with Crippen LogP contribution in [-0.2, 0) is 14.3 Å². The van der Waals surface area contributed by atoms with E-state index in [1.165, 1.54) is 19.2 Å². The Hall–Kier alpha value is -3.20. The molecule has 0 fully saturated rings. The summed E-state index contributed by atoms with van der Waals surface area (Å²) in [6.07, 6.45) is 2.62. The van der Waals surface area contributed by atoms with Crippen molar-refractivity contribution in [3.63, 3.8) is 0 Å². The molecule has 1 heterocycles. The fourth-order valence-electron chi connectivity index (χ4n) is 6.09. The fourth-order valence-corrected chi connectivity index (χ4v) is 6.09. The zero-order chi connectivity index (χ0) is 27.3. The number of nitrogens with zero attached hydrogens (tertiary/aromatic N) is 2. The van der Waals surface area contributed by atoms with Crippen LogP contribution in [0.3, 0.4) is 0 Å². The van der Waals surface area contributed by atoms with E-state index in [2.05, 4.69) is 32.6 Å². The Balaban J connectivity index is 2.02. The van der Waals surface area contributed by atoms with Crippen LogP contribution in [0.2, 0.25) is 0 Å². The Kier molecular flexibility index (Phi) is 6.96. The SMILES string of the molecule is COCCCN1C2=C(C(=O)CC(C)(C)C2)C(c2cc(OC)c(O)c([N+](=O)[O-])c2)C2=C1CC(C)(C)CC2=O. The van der Waals surface area contributed by atoms with Crippen LogP contribution in [0.4, 0.5) is 5.69 Å². The number of nitro benzene ring substituents is 1. The van der Waals surface area contributed by atoms with Crippen LogP contribution in [0.5, 0.6) is 11.5 Å². The first-order chi connectivity index (χ1) is 17.3. The van der Waals surface area contributed by atoms with Gasteiger partial charge in [-0.1, -0.05) is 27.7 Å². The molecule has 3 aliphatic rings. The Morgan fingerprint density at radius 3 is 2.00 bits per heavy atom. The lowest BCUT2D eigenvalue weighted by atomic mass is 9.63. The minimum absolute atomic E-state index is 0.0631. The smallest absolute Gasteiger partial charge is 0.314 e. The van der Waals surface area contributed by atoms with Gasteiger partial charge in [0.15, 0.2) is 17.3 Å². The molecule has 0 radical (unpaired) electrons. The number of ether oxygens (including phenoxy) is 2. The summed E-state index contributed by atoms with van der Waals surface area (Å²) in [7, 11) is 2.96. The van der Waals surface area contributed by atoms with E-state index in [1.54, 1.807) is 7.11 Å². The van der Waals surface area contributed by atoms with Gasteiger partial charge in [0.1, 0.15) is 0 Å². The first-order valence-corrected chi connectivity index (χ1v) is 12.6. The van der Waals surface area contributed by atoms with Gasteiger partial charge in [-0.25, -0.2) is 0 Å². The van der Waals surface area contributed by atoms with E-state index < -0.39 is 22.3 Å². The molecule has 0 aromatic heterocycles. The average molecular weight is 513 g/mol. The number of benzene rings is 1. The summed E-state index contributed by atoms with van der Waals surface area (Å²) in [6, 6.07) is 2.79. The maximum atomic E-state index is 13.8. The lowest BCUT2D eigenvalue weighted by molar-refractivity contribution is -0.386.